The largest absolute Gasteiger partial charge is 0.468 e. The predicted molar refractivity (Wildman–Crippen MR) is 92.2 cm³/mol. The fourth-order valence-corrected chi connectivity index (χ4v) is 2.27. The van der Waals surface area contributed by atoms with Crippen molar-refractivity contribution in [3.8, 4) is 5.88 Å². The molecule has 0 spiro atoms. The van der Waals surface area contributed by atoms with Gasteiger partial charge >= 0.3 is 12.2 Å². The lowest BCUT2D eigenvalue weighted by Gasteiger charge is -2.17. The maximum Gasteiger partial charge on any atom is 0.422 e. The van der Waals surface area contributed by atoms with E-state index < -0.39 is 18.8 Å². The number of pyridine rings is 1. The Morgan fingerprint density at radius 1 is 1.15 bits per heavy atom. The summed E-state index contributed by atoms with van der Waals surface area (Å²) in [6.07, 6.45) is -3.47. The van der Waals surface area contributed by atoms with Crippen molar-refractivity contribution in [3.63, 3.8) is 0 Å². The molecule has 0 aliphatic rings. The highest BCUT2D eigenvalue weighted by atomic mass is 19.4. The molecule has 1 aromatic heterocycles. The van der Waals surface area contributed by atoms with Crippen LogP contribution in [0.4, 0.5) is 18.0 Å². The second kappa shape index (κ2) is 9.77. The molecule has 2 rings (SSSR count). The number of rotatable bonds is 8. The second-order valence-electron chi connectivity index (χ2n) is 5.57. The van der Waals surface area contributed by atoms with Crippen LogP contribution in [-0.2, 0) is 11.3 Å². The summed E-state index contributed by atoms with van der Waals surface area (Å²) in [6, 6.07) is 12.0. The average Bonchev–Trinajstić information content (AvgIpc) is 2.66. The first-order chi connectivity index (χ1) is 12.9. The molecule has 27 heavy (non-hydrogen) atoms. The van der Waals surface area contributed by atoms with Crippen LogP contribution in [0, 0.1) is 0 Å². The number of halogens is 3. The minimum Gasteiger partial charge on any atom is -0.468 e. The van der Waals surface area contributed by atoms with Crippen molar-refractivity contribution in [2.24, 2.45) is 0 Å². The molecule has 1 unspecified atom stereocenters. The standard InChI is InChI=1S/C18H20F3N3O3/c1-26-15(13-6-3-2-4-7-13)11-24-17(25)23-10-14-8-5-9-22-16(14)27-12-18(19,20)21/h2-9,15H,10-12H2,1H3,(H2,23,24,25). The van der Waals surface area contributed by atoms with Crippen molar-refractivity contribution in [2.75, 3.05) is 20.3 Å². The summed E-state index contributed by atoms with van der Waals surface area (Å²) in [5, 5.41) is 5.22. The SMILES string of the molecule is COC(CNC(=O)NCc1cccnc1OCC(F)(F)F)c1ccccc1. The van der Waals surface area contributed by atoms with E-state index >= 15 is 0 Å². The van der Waals surface area contributed by atoms with E-state index in [9.17, 15) is 18.0 Å². The number of benzene rings is 1. The molecule has 2 amide bonds. The van der Waals surface area contributed by atoms with E-state index in [4.69, 9.17) is 4.74 Å². The van der Waals surface area contributed by atoms with Crippen molar-refractivity contribution < 1.29 is 27.4 Å². The summed E-state index contributed by atoms with van der Waals surface area (Å²) in [4.78, 5) is 15.8. The van der Waals surface area contributed by atoms with Gasteiger partial charge in [0.15, 0.2) is 6.61 Å². The minimum atomic E-state index is -4.47. The Bertz CT molecular complexity index is 727. The summed E-state index contributed by atoms with van der Waals surface area (Å²) in [7, 11) is 1.54. The predicted octanol–water partition coefficient (Wildman–Crippen LogP) is 3.21. The highest BCUT2D eigenvalue weighted by Gasteiger charge is 2.29. The molecular weight excluding hydrogens is 363 g/mol. The van der Waals surface area contributed by atoms with Gasteiger partial charge in [-0.1, -0.05) is 36.4 Å². The average molecular weight is 383 g/mol. The second-order valence-corrected chi connectivity index (χ2v) is 5.57. The van der Waals surface area contributed by atoms with E-state index in [2.05, 4.69) is 20.4 Å². The van der Waals surface area contributed by atoms with E-state index in [1.807, 2.05) is 30.3 Å². The number of alkyl halides is 3. The summed E-state index contributed by atoms with van der Waals surface area (Å²) >= 11 is 0. The van der Waals surface area contributed by atoms with Crippen LogP contribution in [0.5, 0.6) is 5.88 Å². The number of aromatic nitrogens is 1. The number of amides is 2. The van der Waals surface area contributed by atoms with Crippen molar-refractivity contribution in [2.45, 2.75) is 18.8 Å². The van der Waals surface area contributed by atoms with Gasteiger partial charge in [-0.25, -0.2) is 9.78 Å². The normalized spacial score (nSPS) is 12.3. The number of carbonyl (C=O) groups is 1. The van der Waals surface area contributed by atoms with Crippen LogP contribution in [0.1, 0.15) is 17.2 Å². The van der Waals surface area contributed by atoms with E-state index in [0.717, 1.165) is 5.56 Å². The Kier molecular flexibility index (Phi) is 7.42. The van der Waals surface area contributed by atoms with Crippen molar-refractivity contribution in [1.29, 1.82) is 0 Å². The maximum atomic E-state index is 12.3. The highest BCUT2D eigenvalue weighted by Crippen LogP contribution is 2.20. The lowest BCUT2D eigenvalue weighted by Crippen LogP contribution is -2.37. The van der Waals surface area contributed by atoms with Gasteiger partial charge in [0, 0.05) is 32.0 Å². The molecule has 6 nitrogen and oxygen atoms in total. The van der Waals surface area contributed by atoms with E-state index in [1.54, 1.807) is 6.07 Å². The molecule has 1 atom stereocenters. The topological polar surface area (TPSA) is 72.5 Å². The zero-order valence-electron chi connectivity index (χ0n) is 14.6. The van der Waals surface area contributed by atoms with Gasteiger partial charge in [0.05, 0.1) is 6.10 Å². The first kappa shape index (κ1) is 20.5. The molecule has 0 saturated carbocycles. The Morgan fingerprint density at radius 3 is 2.56 bits per heavy atom. The zero-order valence-corrected chi connectivity index (χ0v) is 14.6. The van der Waals surface area contributed by atoms with Crippen LogP contribution in [0.15, 0.2) is 48.7 Å². The van der Waals surface area contributed by atoms with Crippen LogP contribution in [0.2, 0.25) is 0 Å². The molecule has 0 saturated heterocycles. The van der Waals surface area contributed by atoms with E-state index in [1.165, 1.54) is 19.4 Å². The van der Waals surface area contributed by atoms with Gasteiger partial charge in [-0.15, -0.1) is 0 Å². The van der Waals surface area contributed by atoms with Gasteiger partial charge in [0.1, 0.15) is 0 Å². The summed E-state index contributed by atoms with van der Waals surface area (Å²) in [5.41, 5.74) is 1.25. The van der Waals surface area contributed by atoms with Crippen molar-refractivity contribution in [1.82, 2.24) is 15.6 Å². The number of methoxy groups -OCH3 is 1. The molecule has 0 fully saturated rings. The Hall–Kier alpha value is -2.81. The fraction of sp³-hybridized carbons (Fsp3) is 0.333. The monoisotopic (exact) mass is 383 g/mol. The summed E-state index contributed by atoms with van der Waals surface area (Å²) in [6.45, 7) is -1.25. The van der Waals surface area contributed by atoms with Crippen molar-refractivity contribution in [3.05, 3.63) is 59.8 Å². The number of carbonyl (C=O) groups excluding carboxylic acids is 1. The smallest absolute Gasteiger partial charge is 0.422 e. The fourth-order valence-electron chi connectivity index (χ4n) is 2.27. The first-order valence-electron chi connectivity index (χ1n) is 8.12. The van der Waals surface area contributed by atoms with Crippen LogP contribution >= 0.6 is 0 Å². The quantitative estimate of drug-likeness (QED) is 0.734. The molecule has 0 aliphatic carbocycles. The van der Waals surface area contributed by atoms with E-state index in [0.29, 0.717) is 5.56 Å². The zero-order chi connectivity index (χ0) is 19.7. The van der Waals surface area contributed by atoms with Gasteiger partial charge < -0.3 is 20.1 Å². The van der Waals surface area contributed by atoms with Crippen LogP contribution in [0.25, 0.3) is 0 Å². The molecule has 0 aliphatic heterocycles. The molecule has 1 heterocycles. The lowest BCUT2D eigenvalue weighted by molar-refractivity contribution is -0.154. The molecule has 146 valence electrons. The third-order valence-corrected chi connectivity index (χ3v) is 3.57. The molecule has 9 heteroatoms. The molecule has 0 bridgehead atoms. The van der Waals surface area contributed by atoms with Crippen molar-refractivity contribution >= 4 is 6.03 Å². The van der Waals surface area contributed by atoms with Gasteiger partial charge in [-0.05, 0) is 11.6 Å². The minimum absolute atomic E-state index is 0.0319. The lowest BCUT2D eigenvalue weighted by atomic mass is 10.1. The van der Waals surface area contributed by atoms with Gasteiger partial charge in [-0.3, -0.25) is 0 Å². The molecule has 0 radical (unpaired) electrons. The third kappa shape index (κ3) is 7.14. The molecule has 2 N–H and O–H groups in total. The number of nitrogens with zero attached hydrogens (tertiary/aromatic N) is 1. The first-order valence-corrected chi connectivity index (χ1v) is 8.12. The highest BCUT2D eigenvalue weighted by molar-refractivity contribution is 5.73. The van der Waals surface area contributed by atoms with Crippen LogP contribution < -0.4 is 15.4 Å². The number of ether oxygens (including phenoxy) is 2. The van der Waals surface area contributed by atoms with Crippen LogP contribution in [-0.4, -0.2) is 37.5 Å². The van der Waals surface area contributed by atoms with Gasteiger partial charge in [0.2, 0.25) is 5.88 Å². The molecule has 2 aromatic rings. The Balaban J connectivity index is 1.85. The number of hydrogen-bond donors (Lipinski definition) is 2. The maximum absolute atomic E-state index is 12.3. The molecule has 1 aromatic carbocycles. The third-order valence-electron chi connectivity index (χ3n) is 3.57. The van der Waals surface area contributed by atoms with Gasteiger partial charge in [0.25, 0.3) is 0 Å². The summed E-state index contributed by atoms with van der Waals surface area (Å²) in [5.74, 6) is -0.172. The van der Waals surface area contributed by atoms with Crippen LogP contribution in [0.3, 0.4) is 0 Å². The van der Waals surface area contributed by atoms with Gasteiger partial charge in [-0.2, -0.15) is 13.2 Å². The summed E-state index contributed by atoms with van der Waals surface area (Å²) < 4.78 is 46.9. The molecular formula is C18H20F3N3O3. The number of nitrogens with one attached hydrogen (secondary N) is 2. The Morgan fingerprint density at radius 2 is 1.89 bits per heavy atom. The number of urea groups is 1. The Labute approximate surface area is 154 Å². The van der Waals surface area contributed by atoms with E-state index in [-0.39, 0.29) is 25.1 Å². The number of hydrogen-bond acceptors (Lipinski definition) is 4.